The van der Waals surface area contributed by atoms with Gasteiger partial charge >= 0.3 is 0 Å². The van der Waals surface area contributed by atoms with E-state index in [4.69, 9.17) is 0 Å². The standard InChI is InChI=1S/C15H28N2O/c18-15(12-14-9-3-4-10-16-14)17-11-5-8-13-6-1-2-7-13/h13-14,16H,1-12H2,(H,17,18). The molecule has 1 saturated carbocycles. The molecule has 0 aromatic rings. The first-order valence-electron chi connectivity index (χ1n) is 7.84. The Balaban J connectivity index is 1.48. The number of amides is 1. The van der Waals surface area contributed by atoms with Crippen LogP contribution >= 0.6 is 0 Å². The van der Waals surface area contributed by atoms with Gasteiger partial charge in [0.15, 0.2) is 0 Å². The van der Waals surface area contributed by atoms with Gasteiger partial charge in [-0.15, -0.1) is 0 Å². The van der Waals surface area contributed by atoms with E-state index in [2.05, 4.69) is 10.6 Å². The van der Waals surface area contributed by atoms with Gasteiger partial charge in [0.1, 0.15) is 0 Å². The van der Waals surface area contributed by atoms with E-state index in [1.54, 1.807) is 0 Å². The van der Waals surface area contributed by atoms with E-state index in [9.17, 15) is 4.79 Å². The normalized spacial score (nSPS) is 25.2. The topological polar surface area (TPSA) is 41.1 Å². The van der Waals surface area contributed by atoms with Gasteiger partial charge in [0.25, 0.3) is 0 Å². The van der Waals surface area contributed by atoms with Crippen LogP contribution in [0.25, 0.3) is 0 Å². The number of nitrogens with one attached hydrogen (secondary N) is 2. The van der Waals surface area contributed by atoms with Crippen molar-refractivity contribution in [3.63, 3.8) is 0 Å². The van der Waals surface area contributed by atoms with Crippen LogP contribution in [0.15, 0.2) is 0 Å². The van der Waals surface area contributed by atoms with Crippen LogP contribution in [0.2, 0.25) is 0 Å². The molecule has 2 rings (SSSR count). The summed E-state index contributed by atoms with van der Waals surface area (Å²) >= 11 is 0. The van der Waals surface area contributed by atoms with Crippen molar-refractivity contribution in [2.45, 2.75) is 70.3 Å². The molecule has 3 heteroatoms. The molecule has 0 spiro atoms. The van der Waals surface area contributed by atoms with E-state index < -0.39 is 0 Å². The number of piperidine rings is 1. The lowest BCUT2D eigenvalue weighted by atomic mass is 10.0. The maximum Gasteiger partial charge on any atom is 0.221 e. The first-order valence-corrected chi connectivity index (χ1v) is 7.84. The van der Waals surface area contributed by atoms with Gasteiger partial charge in [-0.3, -0.25) is 4.79 Å². The third-order valence-corrected chi connectivity index (χ3v) is 4.43. The molecule has 18 heavy (non-hydrogen) atoms. The maximum absolute atomic E-state index is 11.8. The molecule has 0 radical (unpaired) electrons. The highest BCUT2D eigenvalue weighted by Gasteiger charge is 2.16. The van der Waals surface area contributed by atoms with E-state index in [-0.39, 0.29) is 5.91 Å². The predicted octanol–water partition coefficient (Wildman–Crippen LogP) is 2.61. The average molecular weight is 252 g/mol. The average Bonchev–Trinajstić information content (AvgIpc) is 2.89. The van der Waals surface area contributed by atoms with Crippen molar-refractivity contribution in [3.8, 4) is 0 Å². The molecular formula is C15H28N2O. The van der Waals surface area contributed by atoms with Crippen LogP contribution < -0.4 is 10.6 Å². The molecule has 1 aliphatic carbocycles. The largest absolute Gasteiger partial charge is 0.356 e. The molecule has 2 fully saturated rings. The van der Waals surface area contributed by atoms with Gasteiger partial charge in [0, 0.05) is 19.0 Å². The molecule has 1 unspecified atom stereocenters. The quantitative estimate of drug-likeness (QED) is 0.713. The molecule has 1 amide bonds. The Bertz CT molecular complexity index is 243. The van der Waals surface area contributed by atoms with E-state index >= 15 is 0 Å². The fraction of sp³-hybridized carbons (Fsp3) is 0.933. The zero-order chi connectivity index (χ0) is 12.6. The molecule has 0 bridgehead atoms. The van der Waals surface area contributed by atoms with Crippen molar-refractivity contribution < 1.29 is 4.79 Å². The highest BCUT2D eigenvalue weighted by Crippen LogP contribution is 2.28. The fourth-order valence-corrected chi connectivity index (χ4v) is 3.31. The van der Waals surface area contributed by atoms with Crippen molar-refractivity contribution in [1.29, 1.82) is 0 Å². The molecule has 2 aliphatic rings. The number of carbonyl (C=O) groups excluding carboxylic acids is 1. The Hall–Kier alpha value is -0.570. The Morgan fingerprint density at radius 1 is 1.11 bits per heavy atom. The number of carbonyl (C=O) groups is 1. The minimum Gasteiger partial charge on any atom is -0.356 e. The summed E-state index contributed by atoms with van der Waals surface area (Å²) < 4.78 is 0. The molecule has 1 saturated heterocycles. The molecule has 1 heterocycles. The predicted molar refractivity (Wildman–Crippen MR) is 74.5 cm³/mol. The SMILES string of the molecule is O=C(CC1CCCCN1)NCCCC1CCCC1. The van der Waals surface area contributed by atoms with Crippen LogP contribution in [0.5, 0.6) is 0 Å². The van der Waals surface area contributed by atoms with Crippen LogP contribution in [-0.2, 0) is 4.79 Å². The summed E-state index contributed by atoms with van der Waals surface area (Å²) in [6.45, 7) is 1.96. The lowest BCUT2D eigenvalue weighted by Gasteiger charge is -2.22. The minimum atomic E-state index is 0.237. The third kappa shape index (κ3) is 4.97. The summed E-state index contributed by atoms with van der Waals surface area (Å²) in [4.78, 5) is 11.8. The fourth-order valence-electron chi connectivity index (χ4n) is 3.31. The lowest BCUT2D eigenvalue weighted by molar-refractivity contribution is -0.121. The van der Waals surface area contributed by atoms with Crippen molar-refractivity contribution in [3.05, 3.63) is 0 Å². The summed E-state index contributed by atoms with van der Waals surface area (Å²) in [6.07, 6.45) is 12.5. The second-order valence-corrected chi connectivity index (χ2v) is 5.99. The molecule has 3 nitrogen and oxygen atoms in total. The molecule has 104 valence electrons. The lowest BCUT2D eigenvalue weighted by Crippen LogP contribution is -2.38. The third-order valence-electron chi connectivity index (χ3n) is 4.43. The van der Waals surface area contributed by atoms with Crippen molar-refractivity contribution in [1.82, 2.24) is 10.6 Å². The van der Waals surface area contributed by atoms with Gasteiger partial charge in [-0.2, -0.15) is 0 Å². The van der Waals surface area contributed by atoms with Crippen LogP contribution in [0.4, 0.5) is 0 Å². The van der Waals surface area contributed by atoms with Gasteiger partial charge < -0.3 is 10.6 Å². The van der Waals surface area contributed by atoms with Crippen molar-refractivity contribution in [2.24, 2.45) is 5.92 Å². The van der Waals surface area contributed by atoms with Crippen LogP contribution in [-0.4, -0.2) is 25.0 Å². The Kier molecular flexibility index (Phi) is 5.98. The second kappa shape index (κ2) is 7.78. The van der Waals surface area contributed by atoms with E-state index in [1.807, 2.05) is 0 Å². The molecule has 2 N–H and O–H groups in total. The molecule has 1 atom stereocenters. The van der Waals surface area contributed by atoms with Gasteiger partial charge in [-0.05, 0) is 38.1 Å². The smallest absolute Gasteiger partial charge is 0.221 e. The van der Waals surface area contributed by atoms with Crippen LogP contribution in [0.1, 0.15) is 64.2 Å². The van der Waals surface area contributed by atoms with Crippen molar-refractivity contribution in [2.75, 3.05) is 13.1 Å². The monoisotopic (exact) mass is 252 g/mol. The first-order chi connectivity index (χ1) is 8.84. The van der Waals surface area contributed by atoms with E-state index in [0.29, 0.717) is 12.5 Å². The van der Waals surface area contributed by atoms with E-state index in [0.717, 1.165) is 31.8 Å². The molecule has 0 aromatic heterocycles. The highest BCUT2D eigenvalue weighted by molar-refractivity contribution is 5.76. The maximum atomic E-state index is 11.8. The molecule has 1 aliphatic heterocycles. The Morgan fingerprint density at radius 2 is 1.89 bits per heavy atom. The van der Waals surface area contributed by atoms with Crippen LogP contribution in [0.3, 0.4) is 0 Å². The molecular weight excluding hydrogens is 224 g/mol. The number of hydrogen-bond donors (Lipinski definition) is 2. The minimum absolute atomic E-state index is 0.237. The van der Waals surface area contributed by atoms with E-state index in [1.165, 1.54) is 44.9 Å². The van der Waals surface area contributed by atoms with Gasteiger partial charge in [-0.25, -0.2) is 0 Å². The summed E-state index contributed by atoms with van der Waals surface area (Å²) in [7, 11) is 0. The Labute approximate surface area is 111 Å². The van der Waals surface area contributed by atoms with Gasteiger partial charge in [-0.1, -0.05) is 32.1 Å². The summed E-state index contributed by atoms with van der Waals surface area (Å²) in [5, 5.41) is 6.50. The highest BCUT2D eigenvalue weighted by atomic mass is 16.1. The Morgan fingerprint density at radius 3 is 2.61 bits per heavy atom. The number of hydrogen-bond acceptors (Lipinski definition) is 2. The molecule has 0 aromatic carbocycles. The van der Waals surface area contributed by atoms with Gasteiger partial charge in [0.2, 0.25) is 5.91 Å². The zero-order valence-corrected chi connectivity index (χ0v) is 11.5. The zero-order valence-electron chi connectivity index (χ0n) is 11.5. The second-order valence-electron chi connectivity index (χ2n) is 5.99. The summed E-state index contributed by atoms with van der Waals surface area (Å²) in [6, 6.07) is 0.425. The summed E-state index contributed by atoms with van der Waals surface area (Å²) in [5.41, 5.74) is 0. The van der Waals surface area contributed by atoms with Gasteiger partial charge in [0.05, 0.1) is 0 Å². The number of rotatable bonds is 6. The first kappa shape index (κ1) is 13.9. The summed E-state index contributed by atoms with van der Waals surface area (Å²) in [5.74, 6) is 1.18. The van der Waals surface area contributed by atoms with Crippen molar-refractivity contribution >= 4 is 5.91 Å². The van der Waals surface area contributed by atoms with Crippen LogP contribution in [0, 0.1) is 5.92 Å².